The number of nitrogens with one attached hydrogen (secondary N) is 1. The lowest BCUT2D eigenvalue weighted by atomic mass is 10.2. The predicted octanol–water partition coefficient (Wildman–Crippen LogP) is 1.41. The van der Waals surface area contributed by atoms with Crippen LogP contribution in [0.2, 0.25) is 0 Å². The summed E-state index contributed by atoms with van der Waals surface area (Å²) in [7, 11) is 1.82. The standard InChI is InChI=1S/C11H12N4O3/c1-12-7-6-10-13-11(14-18-10)8-4-2-3-5-9(8)15(16)17/h2-5,12H,6-7H2,1H3. The summed E-state index contributed by atoms with van der Waals surface area (Å²) in [6.07, 6.45) is 0.587. The van der Waals surface area contributed by atoms with Crippen LogP contribution in [0.4, 0.5) is 5.69 Å². The van der Waals surface area contributed by atoms with Crippen LogP contribution < -0.4 is 5.32 Å². The molecule has 7 heteroatoms. The normalized spacial score (nSPS) is 10.5. The Morgan fingerprint density at radius 3 is 2.94 bits per heavy atom. The summed E-state index contributed by atoms with van der Waals surface area (Å²) in [4.78, 5) is 14.6. The highest BCUT2D eigenvalue weighted by atomic mass is 16.6. The summed E-state index contributed by atoms with van der Waals surface area (Å²) < 4.78 is 5.03. The van der Waals surface area contributed by atoms with Crippen molar-refractivity contribution in [1.82, 2.24) is 15.5 Å². The van der Waals surface area contributed by atoms with E-state index < -0.39 is 4.92 Å². The van der Waals surface area contributed by atoms with Gasteiger partial charge in [0, 0.05) is 19.0 Å². The van der Waals surface area contributed by atoms with E-state index >= 15 is 0 Å². The van der Waals surface area contributed by atoms with Crippen molar-refractivity contribution in [3.8, 4) is 11.4 Å². The second kappa shape index (κ2) is 5.37. The third-order valence-corrected chi connectivity index (χ3v) is 2.40. The van der Waals surface area contributed by atoms with Crippen LogP contribution in [0.15, 0.2) is 28.8 Å². The number of rotatable bonds is 5. The minimum absolute atomic E-state index is 0.0292. The van der Waals surface area contributed by atoms with Crippen molar-refractivity contribution in [1.29, 1.82) is 0 Å². The van der Waals surface area contributed by atoms with Crippen LogP contribution in [-0.4, -0.2) is 28.7 Å². The maximum atomic E-state index is 10.9. The fraction of sp³-hybridized carbons (Fsp3) is 0.273. The Kier molecular flexibility index (Phi) is 3.63. The Hall–Kier alpha value is -2.28. The molecule has 18 heavy (non-hydrogen) atoms. The van der Waals surface area contributed by atoms with Crippen molar-refractivity contribution in [3.05, 3.63) is 40.3 Å². The Bertz CT molecular complexity index is 553. The summed E-state index contributed by atoms with van der Waals surface area (Å²) in [5.74, 6) is 0.700. The molecule has 0 unspecified atom stereocenters. The van der Waals surface area contributed by atoms with Gasteiger partial charge in [0.05, 0.1) is 4.92 Å². The van der Waals surface area contributed by atoms with E-state index in [1.807, 2.05) is 7.05 Å². The molecular formula is C11H12N4O3. The van der Waals surface area contributed by atoms with Gasteiger partial charge in [0.25, 0.3) is 5.69 Å². The molecule has 0 aliphatic carbocycles. The largest absolute Gasteiger partial charge is 0.339 e. The number of hydrogen-bond acceptors (Lipinski definition) is 6. The number of aromatic nitrogens is 2. The van der Waals surface area contributed by atoms with E-state index in [2.05, 4.69) is 15.5 Å². The van der Waals surface area contributed by atoms with Gasteiger partial charge in [-0.2, -0.15) is 4.98 Å². The third kappa shape index (κ3) is 2.51. The molecule has 1 N–H and O–H groups in total. The average molecular weight is 248 g/mol. The molecule has 1 aromatic carbocycles. The highest BCUT2D eigenvalue weighted by molar-refractivity contribution is 5.67. The second-order valence-electron chi connectivity index (χ2n) is 3.64. The predicted molar refractivity (Wildman–Crippen MR) is 64.0 cm³/mol. The molecule has 0 spiro atoms. The molecule has 2 rings (SSSR count). The molecule has 0 aliphatic rings. The fourth-order valence-corrected chi connectivity index (χ4v) is 1.52. The molecule has 0 radical (unpaired) electrons. The maximum absolute atomic E-state index is 10.9. The van der Waals surface area contributed by atoms with E-state index in [4.69, 9.17) is 4.52 Å². The summed E-state index contributed by atoms with van der Waals surface area (Å²) >= 11 is 0. The van der Waals surface area contributed by atoms with Gasteiger partial charge in [0.15, 0.2) is 0 Å². The van der Waals surface area contributed by atoms with Crippen LogP contribution in [0.25, 0.3) is 11.4 Å². The highest BCUT2D eigenvalue weighted by Crippen LogP contribution is 2.26. The number of para-hydroxylation sites is 1. The van der Waals surface area contributed by atoms with Crippen LogP contribution in [0, 0.1) is 10.1 Å². The van der Waals surface area contributed by atoms with E-state index in [9.17, 15) is 10.1 Å². The van der Waals surface area contributed by atoms with Gasteiger partial charge in [-0.1, -0.05) is 17.3 Å². The van der Waals surface area contributed by atoms with Crippen LogP contribution in [-0.2, 0) is 6.42 Å². The molecule has 0 aliphatic heterocycles. The molecule has 0 atom stereocenters. The van der Waals surface area contributed by atoms with Gasteiger partial charge >= 0.3 is 0 Å². The summed E-state index contributed by atoms with van der Waals surface area (Å²) in [5, 5.41) is 17.6. The van der Waals surface area contributed by atoms with Crippen LogP contribution in [0.1, 0.15) is 5.89 Å². The Balaban J connectivity index is 2.31. The minimum atomic E-state index is -0.459. The van der Waals surface area contributed by atoms with E-state index in [0.29, 0.717) is 24.4 Å². The molecule has 0 bridgehead atoms. The lowest BCUT2D eigenvalue weighted by Gasteiger charge is -1.96. The van der Waals surface area contributed by atoms with Gasteiger partial charge in [-0.3, -0.25) is 10.1 Å². The number of nitro benzene ring substituents is 1. The zero-order valence-electron chi connectivity index (χ0n) is 9.79. The molecule has 2 aromatic rings. The molecule has 0 amide bonds. The van der Waals surface area contributed by atoms with Crippen LogP contribution >= 0.6 is 0 Å². The van der Waals surface area contributed by atoms with Crippen molar-refractivity contribution >= 4 is 5.69 Å². The number of benzene rings is 1. The van der Waals surface area contributed by atoms with Crippen LogP contribution in [0.3, 0.4) is 0 Å². The first-order valence-corrected chi connectivity index (χ1v) is 5.43. The van der Waals surface area contributed by atoms with E-state index in [0.717, 1.165) is 0 Å². The summed E-state index contributed by atoms with van der Waals surface area (Å²) in [6, 6.07) is 6.32. The van der Waals surface area contributed by atoms with Gasteiger partial charge in [-0.05, 0) is 13.1 Å². The van der Waals surface area contributed by atoms with Crippen molar-refractivity contribution in [2.75, 3.05) is 13.6 Å². The fourth-order valence-electron chi connectivity index (χ4n) is 1.52. The van der Waals surface area contributed by atoms with Gasteiger partial charge in [0.1, 0.15) is 5.56 Å². The molecule has 94 valence electrons. The zero-order chi connectivity index (χ0) is 13.0. The molecule has 0 fully saturated rings. The number of nitrogens with zero attached hydrogens (tertiary/aromatic N) is 3. The van der Waals surface area contributed by atoms with Gasteiger partial charge in [-0.15, -0.1) is 0 Å². The topological polar surface area (TPSA) is 94.1 Å². The van der Waals surface area contributed by atoms with E-state index in [1.54, 1.807) is 18.2 Å². The first-order valence-electron chi connectivity index (χ1n) is 5.43. The smallest absolute Gasteiger partial charge is 0.280 e. The monoisotopic (exact) mass is 248 g/mol. The van der Waals surface area contributed by atoms with Crippen molar-refractivity contribution in [2.24, 2.45) is 0 Å². The molecule has 1 heterocycles. The first-order chi connectivity index (χ1) is 8.72. The molecular weight excluding hydrogens is 236 g/mol. The lowest BCUT2D eigenvalue weighted by Crippen LogP contribution is -2.10. The van der Waals surface area contributed by atoms with Gasteiger partial charge in [0.2, 0.25) is 11.7 Å². The molecule has 1 aromatic heterocycles. The van der Waals surface area contributed by atoms with E-state index in [1.165, 1.54) is 6.07 Å². The van der Waals surface area contributed by atoms with Crippen molar-refractivity contribution in [2.45, 2.75) is 6.42 Å². The molecule has 0 saturated carbocycles. The first kappa shape index (κ1) is 12.2. The van der Waals surface area contributed by atoms with Crippen molar-refractivity contribution < 1.29 is 9.45 Å². The number of hydrogen-bond donors (Lipinski definition) is 1. The van der Waals surface area contributed by atoms with Crippen LogP contribution in [0.5, 0.6) is 0 Å². The highest BCUT2D eigenvalue weighted by Gasteiger charge is 2.18. The SMILES string of the molecule is CNCCc1nc(-c2ccccc2[N+](=O)[O-])no1. The Morgan fingerprint density at radius 2 is 2.22 bits per heavy atom. The number of likely N-dealkylation sites (N-methyl/N-ethyl adjacent to an activating group) is 1. The summed E-state index contributed by atoms with van der Waals surface area (Å²) in [6.45, 7) is 0.707. The third-order valence-electron chi connectivity index (χ3n) is 2.40. The second-order valence-corrected chi connectivity index (χ2v) is 3.64. The molecule has 7 nitrogen and oxygen atoms in total. The summed E-state index contributed by atoms with van der Waals surface area (Å²) in [5.41, 5.74) is 0.334. The van der Waals surface area contributed by atoms with Crippen molar-refractivity contribution in [3.63, 3.8) is 0 Å². The Morgan fingerprint density at radius 1 is 1.44 bits per heavy atom. The number of nitro groups is 1. The zero-order valence-corrected chi connectivity index (χ0v) is 9.79. The lowest BCUT2D eigenvalue weighted by molar-refractivity contribution is -0.384. The minimum Gasteiger partial charge on any atom is -0.339 e. The maximum Gasteiger partial charge on any atom is 0.280 e. The van der Waals surface area contributed by atoms with Gasteiger partial charge in [-0.25, -0.2) is 0 Å². The molecule has 0 saturated heterocycles. The Labute approximate surface area is 103 Å². The quantitative estimate of drug-likeness (QED) is 0.635. The van der Waals surface area contributed by atoms with E-state index in [-0.39, 0.29) is 11.5 Å². The average Bonchev–Trinajstić information content (AvgIpc) is 2.85. The van der Waals surface area contributed by atoms with Gasteiger partial charge < -0.3 is 9.84 Å².